The molecule has 0 radical (unpaired) electrons. The van der Waals surface area contributed by atoms with Gasteiger partial charge in [0.25, 0.3) is 0 Å². The van der Waals surface area contributed by atoms with Gasteiger partial charge in [-0.05, 0) is 24.6 Å². The zero-order valence-electron chi connectivity index (χ0n) is 9.64. The summed E-state index contributed by atoms with van der Waals surface area (Å²) < 4.78 is 4.54. The predicted octanol–water partition coefficient (Wildman–Crippen LogP) is 1.88. The van der Waals surface area contributed by atoms with Crippen molar-refractivity contribution in [2.75, 3.05) is 12.9 Å². The first-order chi connectivity index (χ1) is 8.08. The number of ether oxygens (including phenoxy) is 1. The van der Waals surface area contributed by atoms with Crippen molar-refractivity contribution >= 4 is 17.7 Å². The van der Waals surface area contributed by atoms with E-state index in [0.29, 0.717) is 11.1 Å². The summed E-state index contributed by atoms with van der Waals surface area (Å²) in [5, 5.41) is 18.4. The first-order valence-corrected chi connectivity index (χ1v) is 5.98. The van der Waals surface area contributed by atoms with Gasteiger partial charge in [-0.25, -0.2) is 0 Å². The van der Waals surface area contributed by atoms with Crippen LogP contribution in [0.5, 0.6) is 0 Å². The van der Waals surface area contributed by atoms with Crippen molar-refractivity contribution in [3.05, 3.63) is 29.3 Å². The van der Waals surface area contributed by atoms with E-state index in [-0.39, 0.29) is 11.7 Å². The molecule has 1 aromatic rings. The second kappa shape index (κ2) is 6.28. The summed E-state index contributed by atoms with van der Waals surface area (Å²) in [6, 6.07) is 7.03. The molecule has 1 rings (SSSR count). The highest BCUT2D eigenvalue weighted by atomic mass is 32.2. The van der Waals surface area contributed by atoms with E-state index in [4.69, 9.17) is 5.26 Å². The number of aliphatic hydroxyl groups is 1. The van der Waals surface area contributed by atoms with Gasteiger partial charge >= 0.3 is 5.97 Å². The molecular formula is C12H13NO3S. The number of hydrogen-bond donors (Lipinski definition) is 1. The molecule has 90 valence electrons. The maximum absolute atomic E-state index is 11.1. The Balaban J connectivity index is 2.94. The van der Waals surface area contributed by atoms with Crippen LogP contribution in [0.2, 0.25) is 0 Å². The van der Waals surface area contributed by atoms with Gasteiger partial charge < -0.3 is 9.84 Å². The van der Waals surface area contributed by atoms with Crippen molar-refractivity contribution < 1.29 is 14.6 Å². The molecule has 0 amide bonds. The lowest BCUT2D eigenvalue weighted by molar-refractivity contribution is -0.137. The predicted molar refractivity (Wildman–Crippen MR) is 64.5 cm³/mol. The van der Waals surface area contributed by atoms with Gasteiger partial charge in [0.1, 0.15) is 0 Å². The SMILES string of the molecule is COC(=O)CSc1cc(C#N)ccc1C(C)O. The van der Waals surface area contributed by atoms with Gasteiger partial charge in [-0.1, -0.05) is 6.07 Å². The topological polar surface area (TPSA) is 70.3 Å². The number of methoxy groups -OCH3 is 1. The van der Waals surface area contributed by atoms with Gasteiger partial charge in [-0.2, -0.15) is 5.26 Å². The van der Waals surface area contributed by atoms with Gasteiger partial charge in [0, 0.05) is 4.90 Å². The van der Waals surface area contributed by atoms with Crippen LogP contribution in [0, 0.1) is 11.3 Å². The molecule has 1 N–H and O–H groups in total. The van der Waals surface area contributed by atoms with Crippen LogP contribution in [0.25, 0.3) is 0 Å². The molecule has 17 heavy (non-hydrogen) atoms. The third-order valence-corrected chi connectivity index (χ3v) is 3.21. The minimum Gasteiger partial charge on any atom is -0.468 e. The van der Waals surface area contributed by atoms with Gasteiger partial charge in [-0.3, -0.25) is 4.79 Å². The van der Waals surface area contributed by atoms with E-state index in [9.17, 15) is 9.90 Å². The van der Waals surface area contributed by atoms with Crippen LogP contribution in [0.4, 0.5) is 0 Å². The minimum absolute atomic E-state index is 0.158. The summed E-state index contributed by atoms with van der Waals surface area (Å²) in [4.78, 5) is 11.8. The summed E-state index contributed by atoms with van der Waals surface area (Å²) in [7, 11) is 1.32. The molecule has 1 unspecified atom stereocenters. The first kappa shape index (κ1) is 13.6. The lowest BCUT2D eigenvalue weighted by atomic mass is 10.1. The number of hydrogen-bond acceptors (Lipinski definition) is 5. The number of nitrogens with zero attached hydrogens (tertiary/aromatic N) is 1. The van der Waals surface area contributed by atoms with E-state index in [2.05, 4.69) is 4.74 Å². The van der Waals surface area contributed by atoms with Crippen LogP contribution in [-0.4, -0.2) is 23.9 Å². The summed E-state index contributed by atoms with van der Waals surface area (Å²) in [6.07, 6.45) is -0.636. The van der Waals surface area contributed by atoms with E-state index in [1.807, 2.05) is 6.07 Å². The molecule has 0 aromatic heterocycles. The van der Waals surface area contributed by atoms with Gasteiger partial charge in [0.15, 0.2) is 0 Å². The van der Waals surface area contributed by atoms with Crippen molar-refractivity contribution in [2.45, 2.75) is 17.9 Å². The molecule has 1 atom stereocenters. The summed E-state index contributed by atoms with van der Waals surface area (Å²) in [5.74, 6) is -0.181. The van der Waals surface area contributed by atoms with E-state index in [1.165, 1.54) is 18.9 Å². The molecule has 0 saturated carbocycles. The molecule has 5 heteroatoms. The van der Waals surface area contributed by atoms with Crippen molar-refractivity contribution in [1.29, 1.82) is 5.26 Å². The van der Waals surface area contributed by atoms with Crippen molar-refractivity contribution in [3.63, 3.8) is 0 Å². The molecule has 0 heterocycles. The van der Waals surface area contributed by atoms with Crippen LogP contribution in [0.15, 0.2) is 23.1 Å². The lowest BCUT2D eigenvalue weighted by Crippen LogP contribution is -2.04. The molecule has 1 aromatic carbocycles. The van der Waals surface area contributed by atoms with Gasteiger partial charge in [-0.15, -0.1) is 11.8 Å². The fourth-order valence-corrected chi connectivity index (χ4v) is 2.28. The number of rotatable bonds is 4. The molecule has 0 spiro atoms. The molecule has 0 aliphatic rings. The molecule has 4 nitrogen and oxygen atoms in total. The van der Waals surface area contributed by atoms with Crippen LogP contribution in [0.3, 0.4) is 0 Å². The monoisotopic (exact) mass is 251 g/mol. The average molecular weight is 251 g/mol. The number of thioether (sulfide) groups is 1. The minimum atomic E-state index is -0.636. The molecule has 0 fully saturated rings. The Morgan fingerprint density at radius 3 is 2.88 bits per heavy atom. The molecule has 0 bridgehead atoms. The number of aliphatic hydroxyl groups excluding tert-OH is 1. The van der Waals surface area contributed by atoms with Gasteiger partial charge in [0.05, 0.1) is 30.6 Å². The Hall–Kier alpha value is -1.51. The standard InChI is InChI=1S/C12H13NO3S/c1-8(14)10-4-3-9(6-13)5-11(10)17-7-12(15)16-2/h3-5,8,14H,7H2,1-2H3. The largest absolute Gasteiger partial charge is 0.468 e. The van der Waals surface area contributed by atoms with Gasteiger partial charge in [0.2, 0.25) is 0 Å². The highest BCUT2D eigenvalue weighted by Crippen LogP contribution is 2.28. The third-order valence-electron chi connectivity index (χ3n) is 2.17. The van der Waals surface area contributed by atoms with Crippen LogP contribution in [0.1, 0.15) is 24.2 Å². The van der Waals surface area contributed by atoms with Crippen LogP contribution >= 0.6 is 11.8 Å². The normalized spacial score (nSPS) is 11.6. The second-order valence-electron chi connectivity index (χ2n) is 3.41. The molecule has 0 aliphatic carbocycles. The number of carbonyl (C=O) groups excluding carboxylic acids is 1. The average Bonchev–Trinajstić information content (AvgIpc) is 2.35. The second-order valence-corrected chi connectivity index (χ2v) is 4.42. The van der Waals surface area contributed by atoms with Crippen LogP contribution in [-0.2, 0) is 9.53 Å². The number of benzene rings is 1. The number of nitriles is 1. The Labute approximate surface area is 104 Å². The van der Waals surface area contributed by atoms with E-state index in [1.54, 1.807) is 25.1 Å². The quantitative estimate of drug-likeness (QED) is 0.653. The first-order valence-electron chi connectivity index (χ1n) is 5.00. The Bertz CT molecular complexity index is 452. The Morgan fingerprint density at radius 1 is 1.65 bits per heavy atom. The smallest absolute Gasteiger partial charge is 0.315 e. The summed E-state index contributed by atoms with van der Waals surface area (Å²) in [6.45, 7) is 1.64. The third kappa shape index (κ3) is 3.77. The zero-order chi connectivity index (χ0) is 12.8. The van der Waals surface area contributed by atoms with Crippen LogP contribution < -0.4 is 0 Å². The number of esters is 1. The molecule has 0 saturated heterocycles. The highest BCUT2D eigenvalue weighted by Gasteiger charge is 2.11. The summed E-state index contributed by atoms with van der Waals surface area (Å²) >= 11 is 1.25. The molecular weight excluding hydrogens is 238 g/mol. The highest BCUT2D eigenvalue weighted by molar-refractivity contribution is 8.00. The van der Waals surface area contributed by atoms with Crippen molar-refractivity contribution in [3.8, 4) is 6.07 Å². The van der Waals surface area contributed by atoms with Crippen molar-refractivity contribution in [1.82, 2.24) is 0 Å². The fourth-order valence-electron chi connectivity index (χ4n) is 1.27. The maximum atomic E-state index is 11.1. The number of carbonyl (C=O) groups is 1. The zero-order valence-corrected chi connectivity index (χ0v) is 10.5. The Morgan fingerprint density at radius 2 is 2.35 bits per heavy atom. The lowest BCUT2D eigenvalue weighted by Gasteiger charge is -2.11. The Kier molecular flexibility index (Phi) is 5.01. The summed E-state index contributed by atoms with van der Waals surface area (Å²) in [5.41, 5.74) is 1.21. The van der Waals surface area contributed by atoms with E-state index in [0.717, 1.165) is 4.90 Å². The van der Waals surface area contributed by atoms with E-state index >= 15 is 0 Å². The van der Waals surface area contributed by atoms with E-state index < -0.39 is 6.10 Å². The fraction of sp³-hybridized carbons (Fsp3) is 0.333. The van der Waals surface area contributed by atoms with Crippen molar-refractivity contribution in [2.24, 2.45) is 0 Å². The molecule has 0 aliphatic heterocycles. The maximum Gasteiger partial charge on any atom is 0.315 e.